The second kappa shape index (κ2) is 8.12. The number of pyridine rings is 1. The van der Waals surface area contributed by atoms with Crippen molar-refractivity contribution in [2.75, 3.05) is 5.32 Å². The molecule has 0 radical (unpaired) electrons. The van der Waals surface area contributed by atoms with Gasteiger partial charge in [-0.2, -0.15) is 13.2 Å². The van der Waals surface area contributed by atoms with E-state index in [0.717, 1.165) is 12.1 Å². The maximum atomic E-state index is 12.9. The molecule has 1 amide bonds. The van der Waals surface area contributed by atoms with Gasteiger partial charge in [0.1, 0.15) is 0 Å². The van der Waals surface area contributed by atoms with Gasteiger partial charge in [0.15, 0.2) is 0 Å². The van der Waals surface area contributed by atoms with Crippen LogP contribution >= 0.6 is 12.4 Å². The first-order valence-electron chi connectivity index (χ1n) is 6.95. The van der Waals surface area contributed by atoms with Crippen LogP contribution in [0.5, 0.6) is 0 Å². The Morgan fingerprint density at radius 1 is 1.29 bits per heavy atom. The number of rotatable bonds is 4. The van der Waals surface area contributed by atoms with Crippen LogP contribution in [0, 0.1) is 0 Å². The SMILES string of the molecule is CC(N)CC(=O)Nc1cc(C(F)(F)F)ccc1-c1ccccn1.Cl. The Labute approximate surface area is 143 Å². The molecule has 0 aliphatic carbocycles. The third kappa shape index (κ3) is 5.21. The van der Waals surface area contributed by atoms with E-state index in [1.165, 1.54) is 12.3 Å². The van der Waals surface area contributed by atoms with Crippen molar-refractivity contribution >= 4 is 24.0 Å². The molecule has 3 N–H and O–H groups in total. The fourth-order valence-corrected chi connectivity index (χ4v) is 2.06. The normalized spacial score (nSPS) is 12.2. The fraction of sp³-hybridized carbons (Fsp3) is 0.250. The summed E-state index contributed by atoms with van der Waals surface area (Å²) < 4.78 is 38.7. The summed E-state index contributed by atoms with van der Waals surface area (Å²) in [7, 11) is 0. The summed E-state index contributed by atoms with van der Waals surface area (Å²) in [5, 5.41) is 2.49. The molecule has 0 saturated carbocycles. The van der Waals surface area contributed by atoms with Crippen LogP contribution in [0.3, 0.4) is 0 Å². The fourth-order valence-electron chi connectivity index (χ4n) is 2.06. The highest BCUT2D eigenvalue weighted by Crippen LogP contribution is 2.35. The van der Waals surface area contributed by atoms with Crippen LogP contribution in [-0.4, -0.2) is 16.9 Å². The predicted octanol–water partition coefficient (Wildman–Crippen LogP) is 3.87. The zero-order chi connectivity index (χ0) is 17.0. The van der Waals surface area contributed by atoms with Crippen LogP contribution < -0.4 is 11.1 Å². The largest absolute Gasteiger partial charge is 0.416 e. The van der Waals surface area contributed by atoms with Crippen LogP contribution in [0.1, 0.15) is 18.9 Å². The molecule has 0 aliphatic heterocycles. The molecule has 2 rings (SSSR count). The third-order valence-corrected chi connectivity index (χ3v) is 3.07. The number of halogens is 4. The van der Waals surface area contributed by atoms with Crippen molar-refractivity contribution in [2.45, 2.75) is 25.6 Å². The average Bonchev–Trinajstić information content (AvgIpc) is 2.46. The average molecular weight is 360 g/mol. The van der Waals surface area contributed by atoms with Gasteiger partial charge in [0.05, 0.1) is 16.9 Å². The lowest BCUT2D eigenvalue weighted by molar-refractivity contribution is -0.137. The quantitative estimate of drug-likeness (QED) is 0.870. The van der Waals surface area contributed by atoms with Gasteiger partial charge in [-0.05, 0) is 31.2 Å². The number of benzene rings is 1. The Kier molecular flexibility index (Phi) is 6.74. The molecule has 1 heterocycles. The summed E-state index contributed by atoms with van der Waals surface area (Å²) in [4.78, 5) is 16.0. The molecule has 4 nitrogen and oxygen atoms in total. The molecule has 1 aromatic heterocycles. The number of nitrogens with zero attached hydrogens (tertiary/aromatic N) is 1. The van der Waals surface area contributed by atoms with Crippen LogP contribution in [0.4, 0.5) is 18.9 Å². The molecule has 0 fully saturated rings. The van der Waals surface area contributed by atoms with Gasteiger partial charge >= 0.3 is 6.18 Å². The highest BCUT2D eigenvalue weighted by Gasteiger charge is 2.31. The van der Waals surface area contributed by atoms with Gasteiger partial charge in [0, 0.05) is 24.2 Å². The molecule has 0 spiro atoms. The molecule has 0 saturated heterocycles. The van der Waals surface area contributed by atoms with Gasteiger partial charge in [0.25, 0.3) is 0 Å². The molecule has 1 aromatic carbocycles. The number of amides is 1. The third-order valence-electron chi connectivity index (χ3n) is 3.07. The molecule has 24 heavy (non-hydrogen) atoms. The molecule has 0 aliphatic rings. The van der Waals surface area contributed by atoms with Crippen LogP contribution in [0.15, 0.2) is 42.6 Å². The van der Waals surface area contributed by atoms with Crippen LogP contribution in [0.2, 0.25) is 0 Å². The standard InChI is InChI=1S/C16H16F3N3O.ClH/c1-10(20)8-15(23)22-14-9-11(16(17,18)19)5-6-12(14)13-4-2-3-7-21-13;/h2-7,9-10H,8,20H2,1H3,(H,22,23);1H. The summed E-state index contributed by atoms with van der Waals surface area (Å²) in [5.41, 5.74) is 5.65. The maximum absolute atomic E-state index is 12.9. The minimum Gasteiger partial charge on any atom is -0.327 e. The lowest BCUT2D eigenvalue weighted by Crippen LogP contribution is -2.24. The minimum absolute atomic E-state index is 0. The Morgan fingerprint density at radius 2 is 2.00 bits per heavy atom. The monoisotopic (exact) mass is 359 g/mol. The summed E-state index contributed by atoms with van der Waals surface area (Å²) in [6.07, 6.45) is -2.96. The lowest BCUT2D eigenvalue weighted by atomic mass is 10.0. The van der Waals surface area contributed by atoms with E-state index in [0.29, 0.717) is 11.3 Å². The van der Waals surface area contributed by atoms with E-state index >= 15 is 0 Å². The molecule has 2 aromatic rings. The molecular formula is C16H17ClF3N3O. The first kappa shape index (κ1) is 19.9. The van der Waals surface area contributed by atoms with Gasteiger partial charge in [-0.3, -0.25) is 9.78 Å². The summed E-state index contributed by atoms with van der Waals surface area (Å²) in [6, 6.07) is 7.85. The van der Waals surface area contributed by atoms with Crippen molar-refractivity contribution in [3.63, 3.8) is 0 Å². The summed E-state index contributed by atoms with van der Waals surface area (Å²) in [6.45, 7) is 1.64. The van der Waals surface area contributed by atoms with E-state index in [1.807, 2.05) is 0 Å². The van der Waals surface area contributed by atoms with Crippen molar-refractivity contribution in [1.29, 1.82) is 0 Å². The summed E-state index contributed by atoms with van der Waals surface area (Å²) in [5.74, 6) is -0.448. The molecule has 1 atom stereocenters. The number of hydrogen-bond acceptors (Lipinski definition) is 3. The maximum Gasteiger partial charge on any atom is 0.416 e. The van der Waals surface area contributed by atoms with Gasteiger partial charge < -0.3 is 11.1 Å². The van der Waals surface area contributed by atoms with Crippen molar-refractivity contribution in [3.05, 3.63) is 48.2 Å². The van der Waals surface area contributed by atoms with Crippen molar-refractivity contribution in [1.82, 2.24) is 4.98 Å². The molecule has 130 valence electrons. The number of nitrogens with two attached hydrogens (primary N) is 1. The van der Waals surface area contributed by atoms with Crippen LogP contribution in [-0.2, 0) is 11.0 Å². The second-order valence-electron chi connectivity index (χ2n) is 5.20. The van der Waals surface area contributed by atoms with Crippen LogP contribution in [0.25, 0.3) is 11.3 Å². The van der Waals surface area contributed by atoms with Gasteiger partial charge in [0.2, 0.25) is 5.91 Å². The zero-order valence-electron chi connectivity index (χ0n) is 12.8. The predicted molar refractivity (Wildman–Crippen MR) is 88.8 cm³/mol. The first-order chi connectivity index (χ1) is 10.8. The Bertz CT molecular complexity index is 691. The number of anilines is 1. The molecule has 0 bridgehead atoms. The van der Waals surface area contributed by atoms with Gasteiger partial charge in [-0.25, -0.2) is 0 Å². The minimum atomic E-state index is -4.50. The highest BCUT2D eigenvalue weighted by atomic mass is 35.5. The van der Waals surface area contributed by atoms with E-state index in [1.54, 1.807) is 25.1 Å². The Hall–Kier alpha value is -2.12. The Morgan fingerprint density at radius 3 is 2.54 bits per heavy atom. The Balaban J connectivity index is 0.00000288. The number of carbonyl (C=O) groups is 1. The second-order valence-corrected chi connectivity index (χ2v) is 5.20. The molecule has 8 heteroatoms. The number of hydrogen-bond donors (Lipinski definition) is 2. The summed E-state index contributed by atoms with van der Waals surface area (Å²) >= 11 is 0. The van der Waals surface area contributed by atoms with E-state index in [-0.39, 0.29) is 30.6 Å². The smallest absolute Gasteiger partial charge is 0.327 e. The topological polar surface area (TPSA) is 68.0 Å². The highest BCUT2D eigenvalue weighted by molar-refractivity contribution is 5.95. The van der Waals surface area contributed by atoms with Gasteiger partial charge in [-0.1, -0.05) is 12.1 Å². The number of nitrogens with one attached hydrogen (secondary N) is 1. The van der Waals surface area contributed by atoms with Crippen molar-refractivity contribution in [3.8, 4) is 11.3 Å². The number of alkyl halides is 3. The molecule has 1 unspecified atom stereocenters. The van der Waals surface area contributed by atoms with E-state index in [9.17, 15) is 18.0 Å². The van der Waals surface area contributed by atoms with Crippen molar-refractivity contribution in [2.24, 2.45) is 5.73 Å². The zero-order valence-corrected chi connectivity index (χ0v) is 13.6. The van der Waals surface area contributed by atoms with Gasteiger partial charge in [-0.15, -0.1) is 12.4 Å². The van der Waals surface area contributed by atoms with E-state index in [4.69, 9.17) is 5.73 Å². The van der Waals surface area contributed by atoms with E-state index in [2.05, 4.69) is 10.3 Å². The first-order valence-corrected chi connectivity index (χ1v) is 6.95. The van der Waals surface area contributed by atoms with Crippen molar-refractivity contribution < 1.29 is 18.0 Å². The van der Waals surface area contributed by atoms with E-state index < -0.39 is 17.6 Å². The number of aromatic nitrogens is 1. The lowest BCUT2D eigenvalue weighted by Gasteiger charge is -2.15. The molecular weight excluding hydrogens is 343 g/mol. The number of carbonyl (C=O) groups excluding carboxylic acids is 1.